The zero-order chi connectivity index (χ0) is 13.0. The summed E-state index contributed by atoms with van der Waals surface area (Å²) in [4.78, 5) is 9.16. The van der Waals surface area contributed by atoms with Gasteiger partial charge in [-0.1, -0.05) is 20.8 Å². The fourth-order valence-corrected chi connectivity index (χ4v) is 3.31. The average molecular weight is 281 g/mol. The third-order valence-corrected chi connectivity index (χ3v) is 4.26. The maximum absolute atomic E-state index is 4.74. The molecule has 0 amide bonds. The van der Waals surface area contributed by atoms with Gasteiger partial charge in [0.05, 0.1) is 16.9 Å². The molecule has 3 nitrogen and oxygen atoms in total. The van der Waals surface area contributed by atoms with Crippen LogP contribution in [0.4, 0.5) is 0 Å². The maximum Gasteiger partial charge on any atom is 0.116 e. The fourth-order valence-electron chi connectivity index (χ4n) is 1.67. The van der Waals surface area contributed by atoms with E-state index in [1.165, 1.54) is 5.69 Å². The van der Waals surface area contributed by atoms with Gasteiger partial charge in [0.25, 0.3) is 0 Å². The summed E-state index contributed by atoms with van der Waals surface area (Å²) in [6.07, 6.45) is 1.11. The smallest absolute Gasteiger partial charge is 0.116 e. The predicted molar refractivity (Wildman–Crippen MR) is 78.5 cm³/mol. The Morgan fingerprint density at radius 2 is 2.11 bits per heavy atom. The lowest BCUT2D eigenvalue weighted by molar-refractivity contribution is 0.584. The molecule has 0 radical (unpaired) electrons. The lowest BCUT2D eigenvalue weighted by Gasteiger charge is -2.13. The van der Waals surface area contributed by atoms with Crippen molar-refractivity contribution in [2.24, 2.45) is 0 Å². The Kier molecular flexibility index (Phi) is 4.86. The van der Waals surface area contributed by atoms with Crippen LogP contribution in [-0.4, -0.2) is 16.5 Å². The van der Waals surface area contributed by atoms with Crippen molar-refractivity contribution in [2.75, 3.05) is 6.54 Å². The Morgan fingerprint density at radius 3 is 2.67 bits per heavy atom. The van der Waals surface area contributed by atoms with Gasteiger partial charge in [0.15, 0.2) is 0 Å². The number of hydrogen-bond donors (Lipinski definition) is 1. The Labute approximate surface area is 116 Å². The molecule has 0 aliphatic rings. The number of hydrogen-bond acceptors (Lipinski definition) is 5. The molecule has 2 rings (SSSR count). The second-order valence-corrected chi connectivity index (χ2v) is 6.17. The van der Waals surface area contributed by atoms with E-state index in [9.17, 15) is 0 Å². The summed E-state index contributed by atoms with van der Waals surface area (Å²) in [7, 11) is 0. The van der Waals surface area contributed by atoms with Gasteiger partial charge in [-0.05, 0) is 18.9 Å². The summed E-state index contributed by atoms with van der Waals surface area (Å²) in [5, 5.41) is 8.92. The van der Waals surface area contributed by atoms with E-state index in [1.807, 2.05) is 5.51 Å². The lowest BCUT2D eigenvalue weighted by Crippen LogP contribution is -2.23. The molecule has 5 heteroatoms. The van der Waals surface area contributed by atoms with Gasteiger partial charge in [0.2, 0.25) is 0 Å². The molecule has 2 aromatic heterocycles. The van der Waals surface area contributed by atoms with Crippen molar-refractivity contribution in [1.82, 2.24) is 15.3 Å². The highest BCUT2D eigenvalue weighted by Crippen LogP contribution is 2.27. The van der Waals surface area contributed by atoms with Crippen molar-refractivity contribution in [1.29, 1.82) is 0 Å². The quantitative estimate of drug-likeness (QED) is 0.875. The molecule has 2 heterocycles. The second-order valence-electron chi connectivity index (χ2n) is 4.57. The third-order valence-electron chi connectivity index (χ3n) is 2.72. The van der Waals surface area contributed by atoms with E-state index >= 15 is 0 Å². The van der Waals surface area contributed by atoms with E-state index in [0.717, 1.165) is 23.7 Å². The first-order valence-corrected chi connectivity index (χ1v) is 8.11. The van der Waals surface area contributed by atoms with Gasteiger partial charge < -0.3 is 5.32 Å². The molecular formula is C13H19N3S2. The minimum atomic E-state index is 0.147. The van der Waals surface area contributed by atoms with Crippen molar-refractivity contribution in [2.45, 2.75) is 39.2 Å². The highest BCUT2D eigenvalue weighted by atomic mass is 32.1. The van der Waals surface area contributed by atoms with E-state index in [2.05, 4.69) is 41.8 Å². The predicted octanol–water partition coefficient (Wildman–Crippen LogP) is 3.81. The van der Waals surface area contributed by atoms with Gasteiger partial charge in [-0.15, -0.1) is 22.7 Å². The normalized spacial score (nSPS) is 13.1. The van der Waals surface area contributed by atoms with Crippen LogP contribution in [0, 0.1) is 0 Å². The minimum absolute atomic E-state index is 0.147. The molecule has 98 valence electrons. The highest BCUT2D eigenvalue weighted by molar-refractivity contribution is 7.10. The molecule has 0 aliphatic carbocycles. The van der Waals surface area contributed by atoms with Gasteiger partial charge in [-0.25, -0.2) is 9.97 Å². The van der Waals surface area contributed by atoms with Crippen LogP contribution in [0.5, 0.6) is 0 Å². The number of thiazole rings is 2. The summed E-state index contributed by atoms with van der Waals surface area (Å²) >= 11 is 3.36. The number of nitrogens with one attached hydrogen (secondary N) is 1. The molecule has 0 aliphatic heterocycles. The molecule has 0 saturated carbocycles. The van der Waals surface area contributed by atoms with Gasteiger partial charge in [-0.2, -0.15) is 0 Å². The zero-order valence-electron chi connectivity index (χ0n) is 11.0. The zero-order valence-corrected chi connectivity index (χ0v) is 12.6. The number of nitrogens with zero attached hydrogens (tertiary/aromatic N) is 2. The standard InChI is InChI=1S/C13H19N3S2/c1-4-5-14-12(11-6-17-8-15-11)13-16-10(7-18-13)9(2)3/h6-9,12,14H,4-5H2,1-3H3. The number of rotatable bonds is 6. The van der Waals surface area contributed by atoms with Crippen LogP contribution in [0.2, 0.25) is 0 Å². The second kappa shape index (κ2) is 6.41. The van der Waals surface area contributed by atoms with Gasteiger partial charge >= 0.3 is 0 Å². The monoisotopic (exact) mass is 281 g/mol. The third kappa shape index (κ3) is 3.16. The summed E-state index contributed by atoms with van der Waals surface area (Å²) in [5.74, 6) is 0.484. The molecule has 2 aromatic rings. The van der Waals surface area contributed by atoms with Crippen LogP contribution in [0.1, 0.15) is 55.5 Å². The minimum Gasteiger partial charge on any atom is -0.303 e. The average Bonchev–Trinajstić information content (AvgIpc) is 3.00. The van der Waals surface area contributed by atoms with Crippen LogP contribution < -0.4 is 5.32 Å². The topological polar surface area (TPSA) is 37.8 Å². The van der Waals surface area contributed by atoms with Gasteiger partial charge in [-0.3, -0.25) is 0 Å². The van der Waals surface area contributed by atoms with E-state index < -0.39 is 0 Å². The first kappa shape index (κ1) is 13.6. The molecule has 0 spiro atoms. The molecule has 0 aromatic carbocycles. The van der Waals surface area contributed by atoms with E-state index in [-0.39, 0.29) is 6.04 Å². The van der Waals surface area contributed by atoms with Crippen LogP contribution in [0.15, 0.2) is 16.3 Å². The highest BCUT2D eigenvalue weighted by Gasteiger charge is 2.19. The van der Waals surface area contributed by atoms with Crippen molar-refractivity contribution in [3.05, 3.63) is 32.7 Å². The van der Waals surface area contributed by atoms with Crippen molar-refractivity contribution >= 4 is 22.7 Å². The first-order chi connectivity index (χ1) is 8.72. The van der Waals surface area contributed by atoms with Crippen LogP contribution >= 0.6 is 22.7 Å². The summed E-state index contributed by atoms with van der Waals surface area (Å²) in [5.41, 5.74) is 4.14. The molecule has 0 fully saturated rings. The van der Waals surface area contributed by atoms with Crippen molar-refractivity contribution in [3.63, 3.8) is 0 Å². The Morgan fingerprint density at radius 1 is 1.28 bits per heavy atom. The molecule has 0 bridgehead atoms. The van der Waals surface area contributed by atoms with Crippen molar-refractivity contribution in [3.8, 4) is 0 Å². The van der Waals surface area contributed by atoms with Crippen LogP contribution in [0.25, 0.3) is 0 Å². The van der Waals surface area contributed by atoms with E-state index in [1.54, 1.807) is 22.7 Å². The first-order valence-electron chi connectivity index (χ1n) is 6.29. The van der Waals surface area contributed by atoms with Crippen molar-refractivity contribution < 1.29 is 0 Å². The summed E-state index contributed by atoms with van der Waals surface area (Å²) in [6.45, 7) is 7.51. The Balaban J connectivity index is 2.22. The molecule has 1 atom stereocenters. The van der Waals surface area contributed by atoms with Gasteiger partial charge in [0.1, 0.15) is 11.0 Å². The van der Waals surface area contributed by atoms with E-state index in [4.69, 9.17) is 4.98 Å². The van der Waals surface area contributed by atoms with E-state index in [0.29, 0.717) is 5.92 Å². The number of aromatic nitrogens is 2. The SMILES string of the molecule is CCCNC(c1cscn1)c1nc(C(C)C)cs1. The molecule has 1 N–H and O–H groups in total. The fraction of sp³-hybridized carbons (Fsp3) is 0.538. The summed E-state index contributed by atoms with van der Waals surface area (Å²) in [6, 6.07) is 0.147. The molecule has 18 heavy (non-hydrogen) atoms. The molecule has 1 unspecified atom stereocenters. The molecular weight excluding hydrogens is 262 g/mol. The van der Waals surface area contributed by atoms with Gasteiger partial charge in [0, 0.05) is 10.8 Å². The molecule has 0 saturated heterocycles. The Hall–Kier alpha value is -0.780. The van der Waals surface area contributed by atoms with Crippen LogP contribution in [0.3, 0.4) is 0 Å². The van der Waals surface area contributed by atoms with Crippen LogP contribution in [-0.2, 0) is 0 Å². The lowest BCUT2D eigenvalue weighted by atomic mass is 10.1. The maximum atomic E-state index is 4.74. The largest absolute Gasteiger partial charge is 0.303 e. The Bertz CT molecular complexity index is 462. The summed E-state index contributed by atoms with van der Waals surface area (Å²) < 4.78 is 0.